The van der Waals surface area contributed by atoms with Gasteiger partial charge in [-0.05, 0) is 56.3 Å². The second-order valence-corrected chi connectivity index (χ2v) is 11.3. The molecule has 3 fully saturated rings. The molecule has 1 aromatic heterocycles. The Kier molecular flexibility index (Phi) is 7.78. The van der Waals surface area contributed by atoms with Gasteiger partial charge in [0.1, 0.15) is 5.69 Å². The second-order valence-electron chi connectivity index (χ2n) is 11.3. The zero-order valence-corrected chi connectivity index (χ0v) is 23.6. The summed E-state index contributed by atoms with van der Waals surface area (Å²) in [6, 6.07) is 16.4. The topological polar surface area (TPSA) is 73.3 Å². The van der Waals surface area contributed by atoms with Gasteiger partial charge in [0, 0.05) is 69.6 Å². The number of hydrogen-bond acceptors (Lipinski definition) is 6. The van der Waals surface area contributed by atoms with E-state index in [4.69, 9.17) is 4.74 Å². The number of aryl methyl sites for hydroxylation is 1. The van der Waals surface area contributed by atoms with Crippen molar-refractivity contribution in [3.63, 3.8) is 0 Å². The first-order chi connectivity index (χ1) is 19.5. The Bertz CT molecular complexity index is 1370. The summed E-state index contributed by atoms with van der Waals surface area (Å²) in [6.45, 7) is 8.21. The lowest BCUT2D eigenvalue weighted by Crippen LogP contribution is -2.52. The Morgan fingerprint density at radius 1 is 0.925 bits per heavy atom. The molecular formula is C31H40N6O3. The van der Waals surface area contributed by atoms with Gasteiger partial charge < -0.3 is 24.4 Å². The first kappa shape index (κ1) is 26.8. The van der Waals surface area contributed by atoms with Crippen LogP contribution in [0.2, 0.25) is 0 Å². The number of piperazine rings is 1. The minimum atomic E-state index is -0.118. The first-order valence-corrected chi connectivity index (χ1v) is 14.5. The molecule has 3 aromatic rings. The highest BCUT2D eigenvalue weighted by Gasteiger charge is 2.33. The average molecular weight is 545 g/mol. The van der Waals surface area contributed by atoms with E-state index in [1.807, 2.05) is 40.8 Å². The number of morpholine rings is 1. The number of ether oxygens (including phenoxy) is 1. The van der Waals surface area contributed by atoms with Crippen LogP contribution >= 0.6 is 0 Å². The maximum absolute atomic E-state index is 13.4. The maximum atomic E-state index is 13.4. The van der Waals surface area contributed by atoms with Crippen LogP contribution < -0.4 is 10.2 Å². The standard InChI is InChI=1S/C31H40N6O3/c1-33-11-5-10-27(33)31(39)37-14-12-35(13-15-37)22-24-7-3-6-23-20-28(34(2)29(23)24)30(38)32-25-8-4-9-26(21-25)36-16-18-40-19-17-36/h3-4,6-9,20-21,27H,5,10-19,22H2,1-2H3,(H,32,38). The van der Waals surface area contributed by atoms with Crippen molar-refractivity contribution in [2.24, 2.45) is 7.05 Å². The van der Waals surface area contributed by atoms with Gasteiger partial charge in [0.15, 0.2) is 0 Å². The van der Waals surface area contributed by atoms with E-state index in [0.29, 0.717) is 5.69 Å². The summed E-state index contributed by atoms with van der Waals surface area (Å²) in [5, 5.41) is 4.17. The number of benzene rings is 2. The van der Waals surface area contributed by atoms with E-state index < -0.39 is 0 Å². The third-order valence-electron chi connectivity index (χ3n) is 8.74. The fourth-order valence-corrected chi connectivity index (χ4v) is 6.44. The molecule has 0 radical (unpaired) electrons. The summed E-state index contributed by atoms with van der Waals surface area (Å²) in [5.74, 6) is 0.170. The highest BCUT2D eigenvalue weighted by atomic mass is 16.5. The second kappa shape index (κ2) is 11.6. The van der Waals surface area contributed by atoms with Gasteiger partial charge in [-0.25, -0.2) is 0 Å². The van der Waals surface area contributed by atoms with Crippen molar-refractivity contribution in [1.82, 2.24) is 19.3 Å². The Hall–Kier alpha value is -3.40. The Morgan fingerprint density at radius 2 is 1.70 bits per heavy atom. The van der Waals surface area contributed by atoms with Crippen LogP contribution in [-0.2, 0) is 23.1 Å². The number of para-hydroxylation sites is 1. The number of likely N-dealkylation sites (tertiary alicyclic amines) is 1. The summed E-state index contributed by atoms with van der Waals surface area (Å²) < 4.78 is 7.49. The van der Waals surface area contributed by atoms with Crippen LogP contribution in [0.1, 0.15) is 28.9 Å². The summed E-state index contributed by atoms with van der Waals surface area (Å²) >= 11 is 0. The van der Waals surface area contributed by atoms with E-state index in [2.05, 4.69) is 51.3 Å². The highest BCUT2D eigenvalue weighted by molar-refractivity contribution is 6.07. The molecule has 212 valence electrons. The van der Waals surface area contributed by atoms with Gasteiger partial charge in [0.05, 0.1) is 24.8 Å². The zero-order valence-electron chi connectivity index (χ0n) is 23.6. The Balaban J connectivity index is 1.13. The number of hydrogen-bond donors (Lipinski definition) is 1. The lowest BCUT2D eigenvalue weighted by Gasteiger charge is -2.37. The van der Waals surface area contributed by atoms with Gasteiger partial charge in [0.25, 0.3) is 5.91 Å². The molecule has 9 nitrogen and oxygen atoms in total. The van der Waals surface area contributed by atoms with Crippen molar-refractivity contribution in [2.45, 2.75) is 25.4 Å². The third-order valence-corrected chi connectivity index (χ3v) is 8.74. The molecule has 1 N–H and O–H groups in total. The number of nitrogens with one attached hydrogen (secondary N) is 1. The van der Waals surface area contributed by atoms with Crippen LogP contribution in [0.5, 0.6) is 0 Å². The van der Waals surface area contributed by atoms with E-state index in [0.717, 1.165) is 101 Å². The Morgan fingerprint density at radius 3 is 2.45 bits per heavy atom. The molecule has 0 bridgehead atoms. The summed E-state index contributed by atoms with van der Waals surface area (Å²) in [5.41, 5.74) is 4.80. The van der Waals surface area contributed by atoms with E-state index in [9.17, 15) is 9.59 Å². The SMILES string of the molecule is CN1CCCC1C(=O)N1CCN(Cc2cccc3cc(C(=O)Nc4cccc(N5CCOCC5)c4)n(C)c23)CC1. The molecule has 6 rings (SSSR count). The maximum Gasteiger partial charge on any atom is 0.272 e. The molecule has 1 atom stereocenters. The number of carbonyl (C=O) groups excluding carboxylic acids is 2. The number of rotatable bonds is 6. The van der Waals surface area contributed by atoms with Gasteiger partial charge in [-0.2, -0.15) is 0 Å². The quantitative estimate of drug-likeness (QED) is 0.515. The fraction of sp³-hybridized carbons (Fsp3) is 0.484. The van der Waals surface area contributed by atoms with Crippen LogP contribution in [0.3, 0.4) is 0 Å². The molecule has 0 spiro atoms. The summed E-state index contributed by atoms with van der Waals surface area (Å²) in [4.78, 5) is 35.4. The summed E-state index contributed by atoms with van der Waals surface area (Å²) in [6.07, 6.45) is 2.08. The number of carbonyl (C=O) groups is 2. The molecule has 3 aliphatic rings. The molecule has 3 saturated heterocycles. The molecule has 40 heavy (non-hydrogen) atoms. The predicted molar refractivity (Wildman–Crippen MR) is 158 cm³/mol. The van der Waals surface area contributed by atoms with Gasteiger partial charge in [-0.3, -0.25) is 19.4 Å². The van der Waals surface area contributed by atoms with Crippen molar-refractivity contribution >= 4 is 34.1 Å². The highest BCUT2D eigenvalue weighted by Crippen LogP contribution is 2.26. The number of nitrogens with zero attached hydrogens (tertiary/aromatic N) is 5. The monoisotopic (exact) mass is 544 g/mol. The third kappa shape index (κ3) is 5.46. The van der Waals surface area contributed by atoms with Gasteiger partial charge in [-0.1, -0.05) is 24.3 Å². The molecular weight excluding hydrogens is 504 g/mol. The smallest absolute Gasteiger partial charge is 0.272 e. The molecule has 2 aromatic carbocycles. The number of fused-ring (bicyclic) bond motifs is 1. The van der Waals surface area contributed by atoms with Crippen LogP contribution in [-0.4, -0.2) is 103 Å². The number of amides is 2. The fourth-order valence-electron chi connectivity index (χ4n) is 6.44. The molecule has 1 unspecified atom stereocenters. The lowest BCUT2D eigenvalue weighted by molar-refractivity contribution is -0.137. The van der Waals surface area contributed by atoms with Crippen molar-refractivity contribution < 1.29 is 14.3 Å². The van der Waals surface area contributed by atoms with Crippen LogP contribution in [0.4, 0.5) is 11.4 Å². The van der Waals surface area contributed by atoms with Crippen molar-refractivity contribution in [3.05, 3.63) is 59.8 Å². The average Bonchev–Trinajstić information content (AvgIpc) is 3.57. The number of aromatic nitrogens is 1. The molecule has 9 heteroatoms. The van der Waals surface area contributed by atoms with E-state index >= 15 is 0 Å². The Labute approximate surface area is 236 Å². The summed E-state index contributed by atoms with van der Waals surface area (Å²) in [7, 11) is 4.03. The normalized spacial score (nSPS) is 20.8. The van der Waals surface area contributed by atoms with Crippen LogP contribution in [0.25, 0.3) is 10.9 Å². The van der Waals surface area contributed by atoms with E-state index in [1.54, 1.807) is 0 Å². The first-order valence-electron chi connectivity index (χ1n) is 14.5. The van der Waals surface area contributed by atoms with Crippen LogP contribution in [0, 0.1) is 0 Å². The molecule has 2 amide bonds. The van der Waals surface area contributed by atoms with Crippen molar-refractivity contribution in [1.29, 1.82) is 0 Å². The van der Waals surface area contributed by atoms with E-state index in [1.165, 1.54) is 5.56 Å². The van der Waals surface area contributed by atoms with Crippen LogP contribution in [0.15, 0.2) is 48.5 Å². The minimum Gasteiger partial charge on any atom is -0.378 e. The lowest BCUT2D eigenvalue weighted by atomic mass is 10.1. The molecule has 0 saturated carbocycles. The zero-order chi connectivity index (χ0) is 27.6. The van der Waals surface area contributed by atoms with Crippen molar-refractivity contribution in [3.8, 4) is 0 Å². The minimum absolute atomic E-state index is 0.0510. The number of anilines is 2. The molecule has 4 heterocycles. The predicted octanol–water partition coefficient (Wildman–Crippen LogP) is 3.01. The van der Waals surface area contributed by atoms with Gasteiger partial charge >= 0.3 is 0 Å². The number of likely N-dealkylation sites (N-methyl/N-ethyl adjacent to an activating group) is 1. The van der Waals surface area contributed by atoms with Gasteiger partial charge in [-0.15, -0.1) is 0 Å². The van der Waals surface area contributed by atoms with E-state index in [-0.39, 0.29) is 17.9 Å². The van der Waals surface area contributed by atoms with Crippen molar-refractivity contribution in [2.75, 3.05) is 76.3 Å². The molecule has 0 aliphatic carbocycles. The van der Waals surface area contributed by atoms with Gasteiger partial charge in [0.2, 0.25) is 5.91 Å². The largest absolute Gasteiger partial charge is 0.378 e. The molecule has 3 aliphatic heterocycles.